The number of fused-ring (bicyclic) bond motifs is 2. The summed E-state index contributed by atoms with van der Waals surface area (Å²) in [6, 6.07) is 11.5. The monoisotopic (exact) mass is 475 g/mol. The highest BCUT2D eigenvalue weighted by molar-refractivity contribution is 9.11. The van der Waals surface area contributed by atoms with Gasteiger partial charge in [0.05, 0.1) is 7.11 Å². The molecule has 0 bridgehead atoms. The third-order valence-corrected chi connectivity index (χ3v) is 7.62. The predicted octanol–water partition coefficient (Wildman–Crippen LogP) is 6.15. The summed E-state index contributed by atoms with van der Waals surface area (Å²) >= 11 is 9.88. The summed E-state index contributed by atoms with van der Waals surface area (Å²) in [5.74, 6) is 0.0398. The second kappa shape index (κ2) is 7.37. The number of carbonyl (C=O) groups is 1. The van der Waals surface area contributed by atoms with Crippen LogP contribution in [0.4, 0.5) is 5.69 Å². The van der Waals surface area contributed by atoms with Crippen LogP contribution in [0.25, 0.3) is 6.08 Å². The molecule has 0 unspecified atom stereocenters. The molecule has 2 aromatic rings. The number of anilines is 1. The first-order valence-electron chi connectivity index (χ1n) is 9.64. The van der Waals surface area contributed by atoms with Crippen molar-refractivity contribution in [3.05, 3.63) is 62.6 Å². The van der Waals surface area contributed by atoms with Gasteiger partial charge in [0.15, 0.2) is 0 Å². The summed E-state index contributed by atoms with van der Waals surface area (Å²) in [5.41, 5.74) is 3.01. The lowest BCUT2D eigenvalue weighted by Gasteiger charge is -2.44. The Kier molecular flexibility index (Phi) is 5.16. The normalized spacial score (nSPS) is 25.4. The lowest BCUT2D eigenvalue weighted by Crippen LogP contribution is -2.52. The number of ether oxygens (including phenoxy) is 1. The van der Waals surface area contributed by atoms with Crippen molar-refractivity contribution >= 4 is 45.3 Å². The maximum Gasteiger partial charge on any atom is 0.329 e. The highest BCUT2D eigenvalue weighted by atomic mass is 79.9. The predicted molar refractivity (Wildman–Crippen MR) is 120 cm³/mol. The second-order valence-corrected chi connectivity index (χ2v) is 9.30. The van der Waals surface area contributed by atoms with Crippen LogP contribution in [0.5, 0.6) is 5.75 Å². The molecule has 0 aliphatic heterocycles. The Morgan fingerprint density at radius 1 is 1.21 bits per heavy atom. The number of benzene rings is 2. The first kappa shape index (κ1) is 20.3. The summed E-state index contributed by atoms with van der Waals surface area (Å²) < 4.78 is 6.67. The van der Waals surface area contributed by atoms with Crippen molar-refractivity contribution in [1.82, 2.24) is 0 Å². The van der Waals surface area contributed by atoms with Crippen LogP contribution in [0.1, 0.15) is 42.4 Å². The van der Waals surface area contributed by atoms with E-state index in [4.69, 9.17) is 16.3 Å². The van der Waals surface area contributed by atoms with Crippen LogP contribution in [-0.4, -0.2) is 23.7 Å². The van der Waals surface area contributed by atoms with Crippen LogP contribution in [0.3, 0.4) is 0 Å². The number of rotatable bonds is 4. The smallest absolute Gasteiger partial charge is 0.329 e. The van der Waals surface area contributed by atoms with Gasteiger partial charge < -0.3 is 15.2 Å². The number of halogens is 2. The summed E-state index contributed by atoms with van der Waals surface area (Å²) in [4.78, 5) is 12.3. The molecule has 1 saturated carbocycles. The van der Waals surface area contributed by atoms with Crippen LogP contribution in [0.2, 0.25) is 5.02 Å². The first-order valence-corrected chi connectivity index (χ1v) is 10.8. The molecule has 4 nitrogen and oxygen atoms in total. The van der Waals surface area contributed by atoms with Crippen molar-refractivity contribution < 1.29 is 14.6 Å². The van der Waals surface area contributed by atoms with E-state index in [0.717, 1.165) is 34.3 Å². The molecule has 2 aromatic carbocycles. The lowest BCUT2D eigenvalue weighted by molar-refractivity contribution is -0.143. The number of carboxylic acids is 1. The van der Waals surface area contributed by atoms with Crippen LogP contribution in [-0.2, 0) is 10.2 Å². The molecular weight excluding hydrogens is 454 g/mol. The zero-order chi connectivity index (χ0) is 20.8. The maximum absolute atomic E-state index is 12.3. The molecule has 0 amide bonds. The minimum Gasteiger partial charge on any atom is -0.496 e. The van der Waals surface area contributed by atoms with E-state index in [1.165, 1.54) is 11.1 Å². The summed E-state index contributed by atoms with van der Waals surface area (Å²) in [7, 11) is 1.68. The summed E-state index contributed by atoms with van der Waals surface area (Å²) in [6.07, 6.45) is 4.63. The van der Waals surface area contributed by atoms with Crippen molar-refractivity contribution in [3.63, 3.8) is 0 Å². The van der Waals surface area contributed by atoms with Gasteiger partial charge in [-0.3, -0.25) is 0 Å². The fourth-order valence-corrected chi connectivity index (χ4v) is 5.76. The van der Waals surface area contributed by atoms with E-state index in [1.54, 1.807) is 19.2 Å². The molecule has 29 heavy (non-hydrogen) atoms. The molecule has 2 aliphatic carbocycles. The zero-order valence-electron chi connectivity index (χ0n) is 16.4. The zero-order valence-corrected chi connectivity index (χ0v) is 18.7. The van der Waals surface area contributed by atoms with E-state index >= 15 is 0 Å². The molecule has 1 fully saturated rings. The number of methoxy groups -OCH3 is 1. The maximum atomic E-state index is 12.3. The Morgan fingerprint density at radius 3 is 2.55 bits per heavy atom. The molecule has 0 saturated heterocycles. The van der Waals surface area contributed by atoms with E-state index in [2.05, 4.69) is 39.5 Å². The van der Waals surface area contributed by atoms with Gasteiger partial charge in [-0.1, -0.05) is 33.6 Å². The van der Waals surface area contributed by atoms with Gasteiger partial charge >= 0.3 is 5.97 Å². The van der Waals surface area contributed by atoms with Crippen LogP contribution in [0, 0.1) is 6.92 Å². The summed E-state index contributed by atoms with van der Waals surface area (Å²) in [6.45, 7) is 2.04. The molecule has 6 heteroatoms. The third kappa shape index (κ3) is 3.34. The number of hydrogen-bond acceptors (Lipinski definition) is 3. The van der Waals surface area contributed by atoms with Gasteiger partial charge in [0.2, 0.25) is 0 Å². The average Bonchev–Trinajstić information content (AvgIpc) is 2.93. The average molecular weight is 477 g/mol. The largest absolute Gasteiger partial charge is 0.496 e. The highest BCUT2D eigenvalue weighted by Gasteiger charge is 2.51. The van der Waals surface area contributed by atoms with Gasteiger partial charge in [-0.2, -0.15) is 0 Å². The highest BCUT2D eigenvalue weighted by Crippen LogP contribution is 2.56. The fraction of sp³-hybridized carbons (Fsp3) is 0.348. The standard InChI is InChI=1S/C23H23BrClNO3/c1-14-10-15-11-20(24)22(18(15)13-19(14)29-2)6-8-23(9-7-22,21(27)28)26-17-5-3-4-16(25)12-17/h3-5,10-13,26H,6-9H2,1-2H3,(H,27,28). The minimum atomic E-state index is -1.01. The Morgan fingerprint density at radius 2 is 1.93 bits per heavy atom. The minimum absolute atomic E-state index is 0.203. The summed E-state index contributed by atoms with van der Waals surface area (Å²) in [5, 5.41) is 13.9. The molecule has 0 radical (unpaired) electrons. The van der Waals surface area contributed by atoms with Gasteiger partial charge in [-0.25, -0.2) is 4.79 Å². The molecule has 0 atom stereocenters. The molecule has 1 spiro atoms. The SMILES string of the molecule is COc1cc2c(cc1C)C=C(Br)C21CCC(Nc2cccc(Cl)c2)(C(=O)O)CC1. The van der Waals surface area contributed by atoms with E-state index in [1.807, 2.05) is 19.1 Å². The third-order valence-electron chi connectivity index (χ3n) is 6.40. The van der Waals surface area contributed by atoms with E-state index < -0.39 is 11.5 Å². The topological polar surface area (TPSA) is 58.6 Å². The molecule has 0 aromatic heterocycles. The van der Waals surface area contributed by atoms with Crippen LogP contribution >= 0.6 is 27.5 Å². The van der Waals surface area contributed by atoms with Gasteiger partial charge in [0, 0.05) is 20.6 Å². The van der Waals surface area contributed by atoms with Gasteiger partial charge in [-0.15, -0.1) is 0 Å². The number of aliphatic carboxylic acids is 1. The molecule has 0 heterocycles. The Balaban J connectivity index is 1.66. The molecular formula is C23H23BrClNO3. The van der Waals surface area contributed by atoms with Crippen molar-refractivity contribution in [2.24, 2.45) is 0 Å². The van der Waals surface area contributed by atoms with Crippen molar-refractivity contribution in [1.29, 1.82) is 0 Å². The van der Waals surface area contributed by atoms with E-state index in [0.29, 0.717) is 17.9 Å². The van der Waals surface area contributed by atoms with E-state index in [9.17, 15) is 9.90 Å². The molecule has 2 aliphatic rings. The van der Waals surface area contributed by atoms with Crippen molar-refractivity contribution in [3.8, 4) is 5.75 Å². The van der Waals surface area contributed by atoms with E-state index in [-0.39, 0.29) is 5.41 Å². The van der Waals surface area contributed by atoms with Gasteiger partial charge in [-0.05, 0) is 85.7 Å². The van der Waals surface area contributed by atoms with Crippen molar-refractivity contribution in [2.45, 2.75) is 43.6 Å². The molecule has 2 N–H and O–H groups in total. The molecule has 152 valence electrons. The number of aryl methyl sites for hydroxylation is 1. The second-order valence-electron chi connectivity index (χ2n) is 8.01. The number of nitrogens with one attached hydrogen (secondary N) is 1. The quantitative estimate of drug-likeness (QED) is 0.555. The number of allylic oxidation sites excluding steroid dienone is 1. The number of hydrogen-bond donors (Lipinski definition) is 2. The Labute approximate surface area is 184 Å². The first-order chi connectivity index (χ1) is 13.8. The van der Waals surface area contributed by atoms with Crippen molar-refractivity contribution in [2.75, 3.05) is 12.4 Å². The Hall–Kier alpha value is -1.98. The molecule has 4 rings (SSSR count). The van der Waals surface area contributed by atoms with Crippen LogP contribution in [0.15, 0.2) is 40.9 Å². The van der Waals surface area contributed by atoms with Crippen LogP contribution < -0.4 is 10.1 Å². The number of carboxylic acid groups (broad SMARTS) is 1. The van der Waals surface area contributed by atoms with Gasteiger partial charge in [0.25, 0.3) is 0 Å². The van der Waals surface area contributed by atoms with Gasteiger partial charge in [0.1, 0.15) is 11.3 Å². The lowest BCUT2D eigenvalue weighted by atomic mass is 9.65. The fourth-order valence-electron chi connectivity index (χ4n) is 4.71. The Bertz CT molecular complexity index is 1010.